The van der Waals surface area contributed by atoms with Crippen LogP contribution in [0.1, 0.15) is 174 Å². The molecule has 0 aromatic heterocycles. The van der Waals surface area contributed by atoms with Gasteiger partial charge in [0.2, 0.25) is 0 Å². The van der Waals surface area contributed by atoms with Crippen molar-refractivity contribution < 1.29 is 47.2 Å². The average Bonchev–Trinajstić information content (AvgIpc) is 3.12. The summed E-state index contributed by atoms with van der Waals surface area (Å²) in [4.78, 5) is 35.3. The van der Waals surface area contributed by atoms with Crippen LogP contribution in [0, 0.1) is 0 Å². The van der Waals surface area contributed by atoms with Crippen LogP contribution in [-0.2, 0) is 32.7 Å². The number of phosphoric acid groups is 1. The second kappa shape index (κ2) is 36.5. The summed E-state index contributed by atoms with van der Waals surface area (Å²) in [6.07, 6.45) is 36.3. The normalized spacial score (nSPS) is 14.5. The standard InChI is InChI=1S/C44H82NO9P/c1-6-8-10-12-14-15-16-17-18-19-20-21-23-27-31-35-43(47)51-39-42(40-53-55(49,50)52-38-37-45(3,4)5)54-44(48)36-32-28-24-26-30-34-41(46)33-29-25-22-13-11-9-7-2/h17-18,22,25,29,33,41-42,46H,6-16,19-21,23-24,26-28,30-32,34-40H2,1-5H3/p+1/b18-17-,25-22-,33-29+. The lowest BCUT2D eigenvalue weighted by atomic mass is 10.1. The summed E-state index contributed by atoms with van der Waals surface area (Å²) in [5, 5.41) is 10.2. The van der Waals surface area contributed by atoms with Crippen LogP contribution in [0.25, 0.3) is 0 Å². The van der Waals surface area contributed by atoms with Crippen LogP contribution in [-0.4, -0.2) is 86.1 Å². The van der Waals surface area contributed by atoms with Crippen LogP contribution in [0.3, 0.4) is 0 Å². The minimum atomic E-state index is -4.40. The molecule has 0 saturated carbocycles. The number of nitrogens with zero attached hydrogens (tertiary/aromatic N) is 1. The molecule has 10 nitrogen and oxygen atoms in total. The molecule has 0 saturated heterocycles. The third-order valence-corrected chi connectivity index (χ3v) is 10.2. The van der Waals surface area contributed by atoms with Gasteiger partial charge in [0.15, 0.2) is 6.10 Å². The first-order chi connectivity index (χ1) is 26.4. The highest BCUT2D eigenvalue weighted by Crippen LogP contribution is 2.43. The van der Waals surface area contributed by atoms with Gasteiger partial charge in [0, 0.05) is 12.8 Å². The fourth-order valence-corrected chi connectivity index (χ4v) is 6.47. The van der Waals surface area contributed by atoms with Crippen molar-refractivity contribution in [3.8, 4) is 0 Å². The number of aliphatic hydroxyl groups is 1. The van der Waals surface area contributed by atoms with Gasteiger partial charge in [0.05, 0.1) is 33.9 Å². The average molecular weight is 801 g/mol. The molecule has 3 atom stereocenters. The minimum absolute atomic E-state index is 0.0128. The molecule has 0 aromatic rings. The van der Waals surface area contributed by atoms with E-state index in [9.17, 15) is 24.2 Å². The van der Waals surface area contributed by atoms with Crippen LogP contribution in [0.5, 0.6) is 0 Å². The predicted molar refractivity (Wildman–Crippen MR) is 226 cm³/mol. The van der Waals surface area contributed by atoms with Crippen LogP contribution in [0.2, 0.25) is 0 Å². The van der Waals surface area contributed by atoms with Crippen LogP contribution < -0.4 is 0 Å². The van der Waals surface area contributed by atoms with E-state index in [4.69, 9.17) is 18.5 Å². The van der Waals surface area contributed by atoms with Gasteiger partial charge in [-0.3, -0.25) is 18.6 Å². The number of rotatable bonds is 39. The van der Waals surface area contributed by atoms with Crippen molar-refractivity contribution in [2.75, 3.05) is 47.5 Å². The molecule has 0 radical (unpaired) electrons. The number of allylic oxidation sites excluding steroid dienone is 5. The molecule has 0 heterocycles. The zero-order valence-corrected chi connectivity index (χ0v) is 36.7. The molecular formula is C44H83NO9P+. The SMILES string of the molecule is CCCCC/C=C\C=C\C(O)CCCCCCCC(=O)OC(COC(=O)CCCCCCC/C=C\CCCCCCCC)COP(=O)(O)OCC[N+](C)(C)C. The van der Waals surface area contributed by atoms with Gasteiger partial charge in [-0.05, 0) is 57.8 Å². The first-order valence-corrected chi connectivity index (χ1v) is 23.3. The third-order valence-electron chi connectivity index (χ3n) is 9.25. The molecule has 0 bridgehead atoms. The predicted octanol–water partition coefficient (Wildman–Crippen LogP) is 11.1. The summed E-state index contributed by atoms with van der Waals surface area (Å²) < 4.78 is 34.2. The third kappa shape index (κ3) is 40.2. The fourth-order valence-electron chi connectivity index (χ4n) is 5.73. The van der Waals surface area contributed by atoms with Gasteiger partial charge in [-0.15, -0.1) is 0 Å². The van der Waals surface area contributed by atoms with Crippen molar-refractivity contribution in [2.24, 2.45) is 0 Å². The van der Waals surface area contributed by atoms with E-state index in [1.54, 1.807) is 0 Å². The molecule has 0 amide bonds. The lowest BCUT2D eigenvalue weighted by Gasteiger charge is -2.24. The van der Waals surface area contributed by atoms with E-state index in [1.165, 1.54) is 64.2 Å². The zero-order valence-electron chi connectivity index (χ0n) is 35.8. The first-order valence-electron chi connectivity index (χ1n) is 21.8. The maximum absolute atomic E-state index is 12.7. The molecule has 11 heteroatoms. The molecule has 0 aliphatic carbocycles. The number of hydrogen-bond acceptors (Lipinski definition) is 8. The van der Waals surface area contributed by atoms with Crippen molar-refractivity contribution >= 4 is 19.8 Å². The Bertz CT molecular complexity index is 1060. The Kier molecular flexibility index (Phi) is 35.3. The molecule has 0 aliphatic rings. The molecular weight excluding hydrogens is 717 g/mol. The Morgan fingerprint density at radius 1 is 0.636 bits per heavy atom. The number of aliphatic hydroxyl groups excluding tert-OH is 1. The molecule has 2 N–H and O–H groups in total. The number of phosphoric ester groups is 1. The van der Waals surface area contributed by atoms with Crippen LogP contribution in [0.15, 0.2) is 36.5 Å². The first kappa shape index (κ1) is 53.2. The largest absolute Gasteiger partial charge is 0.472 e. The summed E-state index contributed by atoms with van der Waals surface area (Å²) in [7, 11) is 1.41. The van der Waals surface area contributed by atoms with Crippen molar-refractivity contribution in [1.29, 1.82) is 0 Å². The molecule has 3 unspecified atom stereocenters. The van der Waals surface area contributed by atoms with Gasteiger partial charge in [-0.25, -0.2) is 4.57 Å². The number of carbonyl (C=O) groups is 2. The molecule has 0 fully saturated rings. The number of esters is 2. The maximum atomic E-state index is 12.7. The zero-order chi connectivity index (χ0) is 40.9. The number of quaternary nitrogens is 1. The summed E-state index contributed by atoms with van der Waals surface area (Å²) in [5.41, 5.74) is 0. The van der Waals surface area contributed by atoms with Gasteiger partial charge in [-0.2, -0.15) is 0 Å². The van der Waals surface area contributed by atoms with E-state index in [2.05, 4.69) is 32.1 Å². The number of hydrogen-bond donors (Lipinski definition) is 2. The summed E-state index contributed by atoms with van der Waals surface area (Å²) in [6, 6.07) is 0. The Labute approximate surface area is 336 Å². The lowest BCUT2D eigenvalue weighted by molar-refractivity contribution is -0.870. The summed E-state index contributed by atoms with van der Waals surface area (Å²) in [6.45, 7) is 4.25. The topological polar surface area (TPSA) is 129 Å². The van der Waals surface area contributed by atoms with E-state index in [0.717, 1.165) is 64.2 Å². The Morgan fingerprint density at radius 2 is 1.15 bits per heavy atom. The molecule has 0 rings (SSSR count). The van der Waals surface area contributed by atoms with E-state index in [0.29, 0.717) is 30.3 Å². The highest BCUT2D eigenvalue weighted by Gasteiger charge is 2.27. The molecule has 0 aromatic carbocycles. The Balaban J connectivity index is 4.47. The lowest BCUT2D eigenvalue weighted by Crippen LogP contribution is -2.37. The minimum Gasteiger partial charge on any atom is -0.462 e. The second-order valence-electron chi connectivity index (χ2n) is 15.9. The van der Waals surface area contributed by atoms with Gasteiger partial charge >= 0.3 is 19.8 Å². The van der Waals surface area contributed by atoms with E-state index in [1.807, 2.05) is 39.4 Å². The molecule has 0 spiro atoms. The second-order valence-corrected chi connectivity index (χ2v) is 17.4. The number of likely N-dealkylation sites (N-methyl/N-ethyl adjacent to an activating group) is 1. The highest BCUT2D eigenvalue weighted by molar-refractivity contribution is 7.47. The fraction of sp³-hybridized carbons (Fsp3) is 0.818. The number of ether oxygens (including phenoxy) is 2. The molecule has 0 aliphatic heterocycles. The van der Waals surface area contributed by atoms with Crippen molar-refractivity contribution in [3.05, 3.63) is 36.5 Å². The van der Waals surface area contributed by atoms with Crippen LogP contribution in [0.4, 0.5) is 0 Å². The number of carbonyl (C=O) groups excluding carboxylic acids is 2. The van der Waals surface area contributed by atoms with Gasteiger partial charge in [-0.1, -0.05) is 140 Å². The van der Waals surface area contributed by atoms with Gasteiger partial charge < -0.3 is 24.0 Å². The van der Waals surface area contributed by atoms with Crippen LogP contribution >= 0.6 is 7.82 Å². The maximum Gasteiger partial charge on any atom is 0.472 e. The Hall–Kier alpha value is -1.81. The van der Waals surface area contributed by atoms with Crippen molar-refractivity contribution in [3.63, 3.8) is 0 Å². The number of unbranched alkanes of at least 4 members (excludes halogenated alkanes) is 18. The van der Waals surface area contributed by atoms with E-state index >= 15 is 0 Å². The van der Waals surface area contributed by atoms with Gasteiger partial charge in [0.25, 0.3) is 0 Å². The summed E-state index contributed by atoms with van der Waals surface area (Å²) in [5.74, 6) is -0.881. The smallest absolute Gasteiger partial charge is 0.462 e. The molecule has 322 valence electrons. The van der Waals surface area contributed by atoms with Crippen molar-refractivity contribution in [2.45, 2.75) is 187 Å². The summed E-state index contributed by atoms with van der Waals surface area (Å²) >= 11 is 0. The van der Waals surface area contributed by atoms with Gasteiger partial charge in [0.1, 0.15) is 19.8 Å². The van der Waals surface area contributed by atoms with E-state index in [-0.39, 0.29) is 26.1 Å². The monoisotopic (exact) mass is 801 g/mol. The Morgan fingerprint density at radius 3 is 1.76 bits per heavy atom. The molecule has 55 heavy (non-hydrogen) atoms. The van der Waals surface area contributed by atoms with Crippen molar-refractivity contribution in [1.82, 2.24) is 0 Å². The van der Waals surface area contributed by atoms with E-state index < -0.39 is 38.6 Å². The highest BCUT2D eigenvalue weighted by atomic mass is 31.2. The quantitative estimate of drug-likeness (QED) is 0.0156.